The second-order valence-corrected chi connectivity index (χ2v) is 21.6. The minimum atomic E-state index is -0.104. The number of hydrogen-bond acceptors (Lipinski definition) is 1. The molecule has 320 valence electrons. The van der Waals surface area contributed by atoms with E-state index in [0.717, 1.165) is 17.1 Å². The highest BCUT2D eigenvalue weighted by molar-refractivity contribution is 5.87. The standard InChI is InChI=1S/C63H63N/c1-60(2,3)50-35-47(34-48(36-50)49-37-51(61(4,5)6)40-52(38-49)62(7,8)9)45-26-24-44(25-27-45)46-20-17-21-54(39-46)64(53-30-28-43(29-31-53)42-18-13-12-14-19-42)55-32-33-57-56-22-15-16-23-58(56)63(10,11)59(57)41-55/h12-41H,1-11H3. The van der Waals surface area contributed by atoms with Gasteiger partial charge in [0.1, 0.15) is 0 Å². The lowest BCUT2D eigenvalue weighted by molar-refractivity contribution is 0.569. The number of benzene rings is 8. The quantitative estimate of drug-likeness (QED) is 0.155. The summed E-state index contributed by atoms with van der Waals surface area (Å²) in [6, 6.07) is 68.3. The summed E-state index contributed by atoms with van der Waals surface area (Å²) >= 11 is 0. The summed E-state index contributed by atoms with van der Waals surface area (Å²) < 4.78 is 0. The molecule has 9 rings (SSSR count). The maximum absolute atomic E-state index is 2.42. The fourth-order valence-corrected chi connectivity index (χ4v) is 9.45. The molecule has 0 aliphatic heterocycles. The van der Waals surface area contributed by atoms with Crippen LogP contribution in [0.4, 0.5) is 17.1 Å². The highest BCUT2D eigenvalue weighted by Gasteiger charge is 2.36. The highest BCUT2D eigenvalue weighted by Crippen LogP contribution is 2.51. The Morgan fingerprint density at radius 2 is 0.719 bits per heavy atom. The van der Waals surface area contributed by atoms with Crippen molar-refractivity contribution in [3.05, 3.63) is 210 Å². The fraction of sp³-hybridized carbons (Fsp3) is 0.238. The molecule has 8 aromatic carbocycles. The monoisotopic (exact) mass is 833 g/mol. The van der Waals surface area contributed by atoms with Crippen LogP contribution in [0.25, 0.3) is 55.6 Å². The van der Waals surface area contributed by atoms with Crippen molar-refractivity contribution in [2.24, 2.45) is 0 Å². The van der Waals surface area contributed by atoms with Crippen LogP contribution in [0.5, 0.6) is 0 Å². The molecule has 0 aromatic heterocycles. The zero-order valence-electron chi connectivity index (χ0n) is 39.8. The number of rotatable bonds is 7. The van der Waals surface area contributed by atoms with E-state index in [-0.39, 0.29) is 21.7 Å². The van der Waals surface area contributed by atoms with E-state index >= 15 is 0 Å². The van der Waals surface area contributed by atoms with Crippen molar-refractivity contribution in [1.82, 2.24) is 0 Å². The number of nitrogens with zero attached hydrogens (tertiary/aromatic N) is 1. The average Bonchev–Trinajstić information content (AvgIpc) is 3.51. The number of fused-ring (bicyclic) bond motifs is 3. The largest absolute Gasteiger partial charge is 0.310 e. The molecule has 0 spiro atoms. The second-order valence-electron chi connectivity index (χ2n) is 21.6. The van der Waals surface area contributed by atoms with Crippen molar-refractivity contribution < 1.29 is 0 Å². The third-order valence-corrected chi connectivity index (χ3v) is 13.5. The summed E-state index contributed by atoms with van der Waals surface area (Å²) in [6.45, 7) is 25.6. The molecule has 1 heteroatoms. The van der Waals surface area contributed by atoms with Gasteiger partial charge in [-0.15, -0.1) is 0 Å². The first kappa shape index (κ1) is 42.8. The van der Waals surface area contributed by atoms with Gasteiger partial charge in [-0.3, -0.25) is 0 Å². The Morgan fingerprint density at radius 1 is 0.297 bits per heavy atom. The van der Waals surface area contributed by atoms with Crippen molar-refractivity contribution in [3.63, 3.8) is 0 Å². The van der Waals surface area contributed by atoms with Crippen LogP contribution in [0.2, 0.25) is 0 Å². The molecule has 0 atom stereocenters. The van der Waals surface area contributed by atoms with Gasteiger partial charge in [-0.05, 0) is 142 Å². The van der Waals surface area contributed by atoms with Gasteiger partial charge in [0.15, 0.2) is 0 Å². The maximum Gasteiger partial charge on any atom is 0.0467 e. The van der Waals surface area contributed by atoms with Crippen LogP contribution in [-0.4, -0.2) is 0 Å². The van der Waals surface area contributed by atoms with Gasteiger partial charge in [-0.25, -0.2) is 0 Å². The minimum absolute atomic E-state index is 0.00799. The van der Waals surface area contributed by atoms with Gasteiger partial charge < -0.3 is 4.90 Å². The third kappa shape index (κ3) is 8.25. The molecule has 0 heterocycles. The first-order chi connectivity index (χ1) is 30.3. The predicted molar refractivity (Wildman–Crippen MR) is 277 cm³/mol. The normalized spacial score (nSPS) is 13.4. The molecule has 0 fully saturated rings. The summed E-state index contributed by atoms with van der Waals surface area (Å²) in [4.78, 5) is 2.42. The predicted octanol–water partition coefficient (Wildman–Crippen LogP) is 18.0. The summed E-state index contributed by atoms with van der Waals surface area (Å²) in [5.74, 6) is 0. The molecule has 0 radical (unpaired) electrons. The van der Waals surface area contributed by atoms with Gasteiger partial charge in [-0.1, -0.05) is 216 Å². The van der Waals surface area contributed by atoms with Crippen LogP contribution in [0.15, 0.2) is 182 Å². The van der Waals surface area contributed by atoms with Crippen molar-refractivity contribution >= 4 is 17.1 Å². The average molecular weight is 834 g/mol. The summed E-state index contributed by atoms with van der Waals surface area (Å²) in [5, 5.41) is 0. The SMILES string of the molecule is CC(C)(C)c1cc(-c2ccc(-c3cccc(N(c4ccc(-c5ccccc5)cc4)c4ccc5c(c4)C(C)(C)c4ccccc4-5)c3)cc2)cc(-c2cc(C(C)(C)C)cc(C(C)(C)C)c2)c1. The molecule has 0 amide bonds. The Bertz CT molecular complexity index is 2950. The lowest BCUT2D eigenvalue weighted by Gasteiger charge is -2.28. The Labute approximate surface area is 383 Å². The lowest BCUT2D eigenvalue weighted by Crippen LogP contribution is -2.16. The van der Waals surface area contributed by atoms with Gasteiger partial charge >= 0.3 is 0 Å². The molecular formula is C63H63N. The van der Waals surface area contributed by atoms with Crippen LogP contribution in [0.3, 0.4) is 0 Å². The molecule has 1 aliphatic carbocycles. The Morgan fingerprint density at radius 3 is 1.33 bits per heavy atom. The first-order valence-corrected chi connectivity index (χ1v) is 23.1. The highest BCUT2D eigenvalue weighted by atomic mass is 15.1. The van der Waals surface area contributed by atoms with Gasteiger partial charge in [0.25, 0.3) is 0 Å². The Kier molecular flexibility index (Phi) is 10.7. The molecule has 64 heavy (non-hydrogen) atoms. The zero-order chi connectivity index (χ0) is 45.2. The van der Waals surface area contributed by atoms with E-state index in [0.29, 0.717) is 0 Å². The van der Waals surface area contributed by atoms with E-state index in [1.165, 1.54) is 83.5 Å². The topological polar surface area (TPSA) is 3.24 Å². The van der Waals surface area contributed by atoms with E-state index < -0.39 is 0 Å². The maximum atomic E-state index is 2.42. The summed E-state index contributed by atoms with van der Waals surface area (Å²) in [6.07, 6.45) is 0. The second kappa shape index (κ2) is 16.0. The Hall–Kier alpha value is -6.44. The molecule has 0 N–H and O–H groups in total. The van der Waals surface area contributed by atoms with Gasteiger partial charge in [0.05, 0.1) is 0 Å². The molecule has 0 unspecified atom stereocenters. The van der Waals surface area contributed by atoms with Crippen LogP contribution in [0.1, 0.15) is 104 Å². The van der Waals surface area contributed by atoms with E-state index in [2.05, 4.69) is 263 Å². The molecule has 8 aromatic rings. The van der Waals surface area contributed by atoms with Crippen LogP contribution in [-0.2, 0) is 21.7 Å². The molecule has 1 nitrogen and oxygen atoms in total. The molecule has 0 bridgehead atoms. The summed E-state index contributed by atoms with van der Waals surface area (Å²) in [7, 11) is 0. The number of hydrogen-bond donors (Lipinski definition) is 0. The van der Waals surface area contributed by atoms with Crippen LogP contribution in [0, 0.1) is 0 Å². The lowest BCUT2D eigenvalue weighted by atomic mass is 9.78. The molecule has 0 saturated carbocycles. The van der Waals surface area contributed by atoms with E-state index in [9.17, 15) is 0 Å². The van der Waals surface area contributed by atoms with Crippen molar-refractivity contribution in [2.45, 2.75) is 97.8 Å². The first-order valence-electron chi connectivity index (χ1n) is 23.1. The van der Waals surface area contributed by atoms with Gasteiger partial charge in [0.2, 0.25) is 0 Å². The van der Waals surface area contributed by atoms with E-state index in [1.54, 1.807) is 0 Å². The minimum Gasteiger partial charge on any atom is -0.310 e. The molecular weight excluding hydrogens is 771 g/mol. The molecule has 1 aliphatic rings. The van der Waals surface area contributed by atoms with E-state index in [1.807, 2.05) is 0 Å². The number of anilines is 3. The fourth-order valence-electron chi connectivity index (χ4n) is 9.45. The van der Waals surface area contributed by atoms with Crippen molar-refractivity contribution in [3.8, 4) is 55.6 Å². The third-order valence-electron chi connectivity index (χ3n) is 13.5. The van der Waals surface area contributed by atoms with Crippen LogP contribution < -0.4 is 4.90 Å². The van der Waals surface area contributed by atoms with Crippen molar-refractivity contribution in [1.29, 1.82) is 0 Å². The smallest absolute Gasteiger partial charge is 0.0467 e. The van der Waals surface area contributed by atoms with E-state index in [4.69, 9.17) is 0 Å². The zero-order valence-corrected chi connectivity index (χ0v) is 39.8. The van der Waals surface area contributed by atoms with Crippen LogP contribution >= 0.6 is 0 Å². The van der Waals surface area contributed by atoms with Gasteiger partial charge in [-0.2, -0.15) is 0 Å². The van der Waals surface area contributed by atoms with Crippen molar-refractivity contribution in [2.75, 3.05) is 4.90 Å². The Balaban J connectivity index is 1.10. The van der Waals surface area contributed by atoms with Gasteiger partial charge in [0, 0.05) is 22.5 Å². The molecule has 0 saturated heterocycles. The summed E-state index contributed by atoms with van der Waals surface area (Å²) in [5.41, 5.74) is 22.7.